The van der Waals surface area contributed by atoms with E-state index >= 15 is 0 Å². The number of nitrogens with zero attached hydrogens (tertiary/aromatic N) is 7. The Morgan fingerprint density at radius 2 is 1.44 bits per heavy atom. The first-order valence-corrected chi connectivity index (χ1v) is 13.5. The molecule has 2 aromatic heterocycles. The van der Waals surface area contributed by atoms with Crippen LogP contribution in [0.2, 0.25) is 0 Å². The van der Waals surface area contributed by atoms with E-state index in [0.29, 0.717) is 0 Å². The number of carbonyl (C=O) groups is 1. The van der Waals surface area contributed by atoms with Crippen molar-refractivity contribution in [3.8, 4) is 11.1 Å². The topological polar surface area (TPSA) is 50.6 Å². The monoisotopic (exact) mass is 487 g/mol. The lowest BCUT2D eigenvalue weighted by molar-refractivity contribution is 0.159. The maximum Gasteiger partial charge on any atom is 0.320 e. The number of hydrogen-bond acceptors (Lipinski definition) is 5. The summed E-state index contributed by atoms with van der Waals surface area (Å²) in [6, 6.07) is 13.5. The van der Waals surface area contributed by atoms with Crippen LogP contribution in [0.1, 0.15) is 19.8 Å². The van der Waals surface area contributed by atoms with Crippen molar-refractivity contribution >= 4 is 22.9 Å². The van der Waals surface area contributed by atoms with Gasteiger partial charge in [0.2, 0.25) is 0 Å². The molecule has 6 rings (SSSR count). The molecule has 0 spiro atoms. The molecule has 36 heavy (non-hydrogen) atoms. The van der Waals surface area contributed by atoms with E-state index in [1.54, 1.807) is 0 Å². The summed E-state index contributed by atoms with van der Waals surface area (Å²) in [5.41, 5.74) is 6.00. The minimum Gasteiger partial charge on any atom is -0.369 e. The number of anilines is 2. The van der Waals surface area contributed by atoms with Gasteiger partial charge >= 0.3 is 6.03 Å². The van der Waals surface area contributed by atoms with Gasteiger partial charge in [0.15, 0.2) is 0 Å². The minimum absolute atomic E-state index is 0.215. The normalized spacial score (nSPS) is 19.5. The maximum atomic E-state index is 12.8. The average Bonchev–Trinajstić information content (AvgIpc) is 3.64. The second-order valence-corrected chi connectivity index (χ2v) is 10.2. The molecule has 0 radical (unpaired) electrons. The van der Waals surface area contributed by atoms with Crippen molar-refractivity contribution in [2.24, 2.45) is 0 Å². The predicted molar refractivity (Wildman–Crippen MR) is 145 cm³/mol. The van der Waals surface area contributed by atoms with Crippen LogP contribution in [0.3, 0.4) is 0 Å². The standard InChI is InChI=1S/C28H37N7O/c1-2-30-13-15-31(16-14-30)25-7-5-23(6-8-25)24-21-27-26(9-10-29-35(27)22-24)32-17-19-34(20-18-32)28(36)33-11-3-4-12-33/h5-10,21-22H,2-4,11-20H2,1H3. The number of benzene rings is 1. The molecular weight excluding hydrogens is 450 g/mol. The number of carbonyl (C=O) groups excluding carboxylic acids is 1. The van der Waals surface area contributed by atoms with Gasteiger partial charge in [-0.25, -0.2) is 9.31 Å². The number of fused-ring (bicyclic) bond motifs is 1. The third kappa shape index (κ3) is 4.50. The van der Waals surface area contributed by atoms with Crippen LogP contribution in [0.25, 0.3) is 16.6 Å². The second kappa shape index (κ2) is 10.0. The molecule has 0 bridgehead atoms. The van der Waals surface area contributed by atoms with E-state index in [4.69, 9.17) is 0 Å². The van der Waals surface area contributed by atoms with Crippen LogP contribution in [0.4, 0.5) is 16.2 Å². The largest absolute Gasteiger partial charge is 0.369 e. The number of amides is 2. The summed E-state index contributed by atoms with van der Waals surface area (Å²) in [6.07, 6.45) is 6.28. The van der Waals surface area contributed by atoms with Crippen LogP contribution in [0, 0.1) is 0 Å². The van der Waals surface area contributed by atoms with Crippen molar-refractivity contribution in [3.05, 3.63) is 48.8 Å². The van der Waals surface area contributed by atoms with Crippen molar-refractivity contribution in [2.75, 3.05) is 81.8 Å². The Balaban J connectivity index is 1.15. The average molecular weight is 488 g/mol. The molecule has 1 aromatic carbocycles. The molecule has 3 aliphatic heterocycles. The molecule has 8 heteroatoms. The van der Waals surface area contributed by atoms with Crippen LogP contribution < -0.4 is 9.80 Å². The van der Waals surface area contributed by atoms with E-state index < -0.39 is 0 Å². The lowest BCUT2D eigenvalue weighted by Gasteiger charge is -2.37. The van der Waals surface area contributed by atoms with Crippen molar-refractivity contribution in [3.63, 3.8) is 0 Å². The van der Waals surface area contributed by atoms with Crippen molar-refractivity contribution < 1.29 is 4.79 Å². The van der Waals surface area contributed by atoms with E-state index in [1.807, 2.05) is 20.5 Å². The Morgan fingerprint density at radius 1 is 0.778 bits per heavy atom. The summed E-state index contributed by atoms with van der Waals surface area (Å²) in [7, 11) is 0. The predicted octanol–water partition coefficient (Wildman–Crippen LogP) is 3.48. The lowest BCUT2D eigenvalue weighted by Crippen LogP contribution is -2.52. The Hall–Kier alpha value is -3.26. The van der Waals surface area contributed by atoms with Gasteiger partial charge in [0.25, 0.3) is 0 Å². The molecule has 3 aliphatic rings. The smallest absolute Gasteiger partial charge is 0.320 e. The van der Waals surface area contributed by atoms with Crippen molar-refractivity contribution in [1.29, 1.82) is 0 Å². The maximum absolute atomic E-state index is 12.8. The van der Waals surface area contributed by atoms with Gasteiger partial charge < -0.3 is 24.5 Å². The van der Waals surface area contributed by atoms with E-state index in [0.717, 1.165) is 90.4 Å². The van der Waals surface area contributed by atoms with E-state index in [-0.39, 0.29) is 6.03 Å². The fourth-order valence-electron chi connectivity index (χ4n) is 5.86. The summed E-state index contributed by atoms with van der Waals surface area (Å²) >= 11 is 0. The van der Waals surface area contributed by atoms with E-state index in [2.05, 4.69) is 69.3 Å². The van der Waals surface area contributed by atoms with Gasteiger partial charge in [0, 0.05) is 89.1 Å². The van der Waals surface area contributed by atoms with Crippen LogP contribution in [0.15, 0.2) is 48.8 Å². The van der Waals surface area contributed by atoms with Gasteiger partial charge in [-0.15, -0.1) is 0 Å². The van der Waals surface area contributed by atoms with Crippen molar-refractivity contribution in [1.82, 2.24) is 24.3 Å². The molecule has 0 aliphatic carbocycles. The molecular formula is C28H37N7O. The Morgan fingerprint density at radius 3 is 2.14 bits per heavy atom. The van der Waals surface area contributed by atoms with Gasteiger partial charge in [0.1, 0.15) is 0 Å². The first-order chi connectivity index (χ1) is 17.7. The van der Waals surface area contributed by atoms with Gasteiger partial charge in [-0.05, 0) is 49.2 Å². The highest BCUT2D eigenvalue weighted by molar-refractivity contribution is 5.81. The second-order valence-electron chi connectivity index (χ2n) is 10.2. The zero-order chi connectivity index (χ0) is 24.5. The Bertz CT molecular complexity index is 1180. The quantitative estimate of drug-likeness (QED) is 0.564. The summed E-state index contributed by atoms with van der Waals surface area (Å²) in [5.74, 6) is 0. The zero-order valence-corrected chi connectivity index (χ0v) is 21.3. The number of urea groups is 1. The molecule has 190 valence electrons. The zero-order valence-electron chi connectivity index (χ0n) is 21.3. The minimum atomic E-state index is 0.215. The first kappa shape index (κ1) is 23.2. The Kier molecular flexibility index (Phi) is 6.44. The highest BCUT2D eigenvalue weighted by Gasteiger charge is 2.27. The molecule has 5 heterocycles. The fourth-order valence-corrected chi connectivity index (χ4v) is 5.86. The van der Waals surface area contributed by atoms with Crippen LogP contribution in [-0.2, 0) is 0 Å². The van der Waals surface area contributed by atoms with E-state index in [1.165, 1.54) is 22.5 Å². The number of aromatic nitrogens is 2. The van der Waals surface area contributed by atoms with Gasteiger partial charge in [-0.3, -0.25) is 0 Å². The molecule has 3 fully saturated rings. The SMILES string of the molecule is CCN1CCN(c2ccc(-c3cc4c(N5CCN(C(=O)N6CCCC6)CC5)ccnn4c3)cc2)CC1. The van der Waals surface area contributed by atoms with Crippen molar-refractivity contribution in [2.45, 2.75) is 19.8 Å². The Labute approximate surface area is 213 Å². The molecule has 0 unspecified atom stereocenters. The summed E-state index contributed by atoms with van der Waals surface area (Å²) in [4.78, 5) is 24.2. The molecule has 3 aromatic rings. The third-order valence-corrected chi connectivity index (χ3v) is 8.14. The molecule has 0 N–H and O–H groups in total. The fraction of sp³-hybridized carbons (Fsp3) is 0.500. The van der Waals surface area contributed by atoms with Crippen LogP contribution in [0.5, 0.6) is 0 Å². The number of rotatable bonds is 4. The highest BCUT2D eigenvalue weighted by Crippen LogP contribution is 2.30. The molecule has 8 nitrogen and oxygen atoms in total. The van der Waals surface area contributed by atoms with Crippen LogP contribution in [-0.4, -0.2) is 102 Å². The van der Waals surface area contributed by atoms with Gasteiger partial charge in [0.05, 0.1) is 11.2 Å². The number of hydrogen-bond donors (Lipinski definition) is 0. The molecule has 3 saturated heterocycles. The van der Waals surface area contributed by atoms with Crippen LogP contribution >= 0.6 is 0 Å². The molecule has 0 atom stereocenters. The summed E-state index contributed by atoms with van der Waals surface area (Å²) < 4.78 is 1.99. The van der Waals surface area contributed by atoms with Gasteiger partial charge in [-0.2, -0.15) is 5.10 Å². The first-order valence-electron chi connectivity index (χ1n) is 13.5. The molecule has 0 saturated carbocycles. The van der Waals surface area contributed by atoms with Gasteiger partial charge in [-0.1, -0.05) is 19.1 Å². The highest BCUT2D eigenvalue weighted by atomic mass is 16.2. The van der Waals surface area contributed by atoms with E-state index in [9.17, 15) is 4.79 Å². The summed E-state index contributed by atoms with van der Waals surface area (Å²) in [6.45, 7) is 12.9. The third-order valence-electron chi connectivity index (χ3n) is 8.14. The summed E-state index contributed by atoms with van der Waals surface area (Å²) in [5, 5.41) is 4.59. The number of likely N-dealkylation sites (N-methyl/N-ethyl adjacent to an activating group) is 1. The lowest BCUT2D eigenvalue weighted by atomic mass is 10.1. The molecule has 2 amide bonds. The number of likely N-dealkylation sites (tertiary alicyclic amines) is 1. The number of piperazine rings is 2.